The van der Waals surface area contributed by atoms with E-state index in [1.807, 2.05) is 12.1 Å². The third-order valence-corrected chi connectivity index (χ3v) is 3.00. The Bertz CT molecular complexity index is 297. The highest BCUT2D eigenvalue weighted by molar-refractivity contribution is 5.35. The maximum absolute atomic E-state index is 10.3. The van der Waals surface area contributed by atoms with Gasteiger partial charge in [-0.05, 0) is 30.5 Å². The molecule has 2 heteroatoms. The summed E-state index contributed by atoms with van der Waals surface area (Å²) in [7, 11) is 0. The van der Waals surface area contributed by atoms with Crippen LogP contribution in [0.25, 0.3) is 0 Å². The van der Waals surface area contributed by atoms with E-state index >= 15 is 0 Å². The van der Waals surface area contributed by atoms with Crippen molar-refractivity contribution in [3.05, 3.63) is 35.4 Å². The topological polar surface area (TPSA) is 46.2 Å². The standard InChI is InChI=1S/C12H17NO/c13-7-3-6-12(14)8-10-4-1-2-5-11(10)9-12/h1-2,4-5,14H,3,6-9,13H2. The molecule has 0 saturated carbocycles. The first-order valence-corrected chi connectivity index (χ1v) is 5.23. The fourth-order valence-electron chi connectivity index (χ4n) is 2.28. The Hall–Kier alpha value is -0.860. The van der Waals surface area contributed by atoms with E-state index in [0.29, 0.717) is 6.54 Å². The average molecular weight is 191 g/mol. The predicted octanol–water partition coefficient (Wildman–Crippen LogP) is 1.26. The molecule has 0 aromatic heterocycles. The number of rotatable bonds is 3. The van der Waals surface area contributed by atoms with Crippen LogP contribution in [0.3, 0.4) is 0 Å². The molecule has 0 radical (unpaired) electrons. The zero-order valence-electron chi connectivity index (χ0n) is 8.37. The molecule has 1 aliphatic carbocycles. The van der Waals surface area contributed by atoms with Crippen molar-refractivity contribution in [3.63, 3.8) is 0 Å². The van der Waals surface area contributed by atoms with Crippen LogP contribution in [0.15, 0.2) is 24.3 Å². The van der Waals surface area contributed by atoms with Crippen LogP contribution in [-0.4, -0.2) is 17.3 Å². The largest absolute Gasteiger partial charge is 0.389 e. The summed E-state index contributed by atoms with van der Waals surface area (Å²) < 4.78 is 0. The van der Waals surface area contributed by atoms with Gasteiger partial charge in [0.25, 0.3) is 0 Å². The minimum absolute atomic E-state index is 0.525. The highest BCUT2D eigenvalue weighted by atomic mass is 16.3. The molecule has 2 nitrogen and oxygen atoms in total. The van der Waals surface area contributed by atoms with Crippen molar-refractivity contribution in [2.24, 2.45) is 5.73 Å². The van der Waals surface area contributed by atoms with Crippen LogP contribution in [0.4, 0.5) is 0 Å². The summed E-state index contributed by atoms with van der Waals surface area (Å²) in [4.78, 5) is 0. The molecule has 0 unspecified atom stereocenters. The second-order valence-electron chi connectivity index (χ2n) is 4.24. The van der Waals surface area contributed by atoms with Gasteiger partial charge in [0.2, 0.25) is 0 Å². The third kappa shape index (κ3) is 1.81. The van der Waals surface area contributed by atoms with Crippen molar-refractivity contribution in [2.75, 3.05) is 6.54 Å². The molecule has 1 aromatic carbocycles. The van der Waals surface area contributed by atoms with Gasteiger partial charge in [0.05, 0.1) is 5.60 Å². The Morgan fingerprint density at radius 1 is 1.21 bits per heavy atom. The van der Waals surface area contributed by atoms with Crippen molar-refractivity contribution in [2.45, 2.75) is 31.3 Å². The molecule has 0 bridgehead atoms. The van der Waals surface area contributed by atoms with Crippen LogP contribution < -0.4 is 5.73 Å². The maximum Gasteiger partial charge on any atom is 0.0728 e. The molecule has 0 saturated heterocycles. The van der Waals surface area contributed by atoms with Crippen LogP contribution in [0.1, 0.15) is 24.0 Å². The molecule has 0 heterocycles. The van der Waals surface area contributed by atoms with Gasteiger partial charge in [-0.2, -0.15) is 0 Å². The molecule has 3 N–H and O–H groups in total. The molecular weight excluding hydrogens is 174 g/mol. The normalized spacial score (nSPS) is 18.1. The summed E-state index contributed by atoms with van der Waals surface area (Å²) in [5.74, 6) is 0. The summed E-state index contributed by atoms with van der Waals surface area (Å²) in [5.41, 5.74) is 7.53. The van der Waals surface area contributed by atoms with Crippen LogP contribution >= 0.6 is 0 Å². The lowest BCUT2D eigenvalue weighted by Gasteiger charge is -2.21. The molecule has 0 atom stereocenters. The molecule has 14 heavy (non-hydrogen) atoms. The van der Waals surface area contributed by atoms with E-state index in [2.05, 4.69) is 12.1 Å². The number of aliphatic hydroxyl groups is 1. The molecule has 0 fully saturated rings. The fraction of sp³-hybridized carbons (Fsp3) is 0.500. The summed E-state index contributed by atoms with van der Waals surface area (Å²) in [6.45, 7) is 0.665. The highest BCUT2D eigenvalue weighted by Gasteiger charge is 2.33. The number of hydrogen-bond donors (Lipinski definition) is 2. The summed E-state index contributed by atoms with van der Waals surface area (Å²) in [6.07, 6.45) is 3.31. The number of fused-ring (bicyclic) bond motifs is 1. The van der Waals surface area contributed by atoms with Crippen molar-refractivity contribution < 1.29 is 5.11 Å². The van der Waals surface area contributed by atoms with Gasteiger partial charge in [-0.1, -0.05) is 24.3 Å². The molecule has 0 spiro atoms. The van der Waals surface area contributed by atoms with E-state index in [-0.39, 0.29) is 0 Å². The Balaban J connectivity index is 2.09. The average Bonchev–Trinajstić information content (AvgIpc) is 2.51. The lowest BCUT2D eigenvalue weighted by molar-refractivity contribution is 0.0410. The Morgan fingerprint density at radius 3 is 2.29 bits per heavy atom. The quantitative estimate of drug-likeness (QED) is 0.755. The van der Waals surface area contributed by atoms with E-state index in [9.17, 15) is 5.11 Å². The first kappa shape index (κ1) is 9.69. The summed E-state index contributed by atoms with van der Waals surface area (Å²) in [6, 6.07) is 8.28. The van der Waals surface area contributed by atoms with Crippen LogP contribution in [-0.2, 0) is 12.8 Å². The molecule has 0 amide bonds. The molecule has 1 aliphatic rings. The molecule has 2 rings (SSSR count). The van der Waals surface area contributed by atoms with Crippen molar-refractivity contribution in [1.29, 1.82) is 0 Å². The van der Waals surface area contributed by atoms with Gasteiger partial charge in [-0.3, -0.25) is 0 Å². The minimum Gasteiger partial charge on any atom is -0.389 e. The van der Waals surface area contributed by atoms with Gasteiger partial charge >= 0.3 is 0 Å². The smallest absolute Gasteiger partial charge is 0.0728 e. The summed E-state index contributed by atoms with van der Waals surface area (Å²) in [5, 5.41) is 10.3. The number of nitrogens with two attached hydrogens (primary N) is 1. The predicted molar refractivity (Wildman–Crippen MR) is 57.1 cm³/mol. The van der Waals surface area contributed by atoms with Crippen LogP contribution in [0.5, 0.6) is 0 Å². The Kier molecular flexibility index (Phi) is 2.57. The number of hydrogen-bond acceptors (Lipinski definition) is 2. The first-order chi connectivity index (χ1) is 6.73. The minimum atomic E-state index is -0.525. The van der Waals surface area contributed by atoms with Crippen molar-refractivity contribution in [3.8, 4) is 0 Å². The third-order valence-electron chi connectivity index (χ3n) is 3.00. The second kappa shape index (κ2) is 3.71. The van der Waals surface area contributed by atoms with Gasteiger partial charge in [-0.25, -0.2) is 0 Å². The lowest BCUT2D eigenvalue weighted by Crippen LogP contribution is -2.29. The van der Waals surface area contributed by atoms with E-state index in [1.54, 1.807) is 0 Å². The Labute approximate surface area is 84.7 Å². The molecule has 76 valence electrons. The van der Waals surface area contributed by atoms with E-state index in [1.165, 1.54) is 11.1 Å². The van der Waals surface area contributed by atoms with Crippen LogP contribution in [0, 0.1) is 0 Å². The van der Waals surface area contributed by atoms with Crippen molar-refractivity contribution in [1.82, 2.24) is 0 Å². The van der Waals surface area contributed by atoms with Gasteiger partial charge in [0.1, 0.15) is 0 Å². The molecular formula is C12H17NO. The van der Waals surface area contributed by atoms with E-state index in [0.717, 1.165) is 25.7 Å². The summed E-state index contributed by atoms with van der Waals surface area (Å²) >= 11 is 0. The van der Waals surface area contributed by atoms with E-state index in [4.69, 9.17) is 5.73 Å². The lowest BCUT2D eigenvalue weighted by atomic mass is 9.94. The van der Waals surface area contributed by atoms with E-state index < -0.39 is 5.60 Å². The first-order valence-electron chi connectivity index (χ1n) is 5.23. The number of benzene rings is 1. The van der Waals surface area contributed by atoms with Crippen LogP contribution in [0.2, 0.25) is 0 Å². The van der Waals surface area contributed by atoms with Gasteiger partial charge in [0, 0.05) is 12.8 Å². The SMILES string of the molecule is NCCCC1(O)Cc2ccccc2C1. The molecule has 1 aromatic rings. The Morgan fingerprint density at radius 2 is 1.79 bits per heavy atom. The van der Waals surface area contributed by atoms with Gasteiger partial charge in [-0.15, -0.1) is 0 Å². The van der Waals surface area contributed by atoms with Crippen molar-refractivity contribution >= 4 is 0 Å². The molecule has 0 aliphatic heterocycles. The highest BCUT2D eigenvalue weighted by Crippen LogP contribution is 2.32. The zero-order chi connectivity index (χ0) is 10.0. The fourth-order valence-corrected chi connectivity index (χ4v) is 2.28. The van der Waals surface area contributed by atoms with Gasteiger partial charge < -0.3 is 10.8 Å². The monoisotopic (exact) mass is 191 g/mol. The second-order valence-corrected chi connectivity index (χ2v) is 4.24. The zero-order valence-corrected chi connectivity index (χ0v) is 8.37. The maximum atomic E-state index is 10.3. The van der Waals surface area contributed by atoms with Gasteiger partial charge in [0.15, 0.2) is 0 Å².